The standard InChI is InChI=1S/C14H15F5N2O4/c1-5(2)20-8-6(12(22)24-3)9(11(15)16)21-10(14(17,18)19)7(8)13(23)25-4/h5,11H,1-4H3,(H,20,21). The second-order valence-corrected chi connectivity index (χ2v) is 5.05. The van der Waals surface area contributed by atoms with Crippen molar-refractivity contribution in [3.63, 3.8) is 0 Å². The number of methoxy groups -OCH3 is 2. The second kappa shape index (κ2) is 7.62. The predicted octanol–water partition coefficient (Wildman–Crippen LogP) is 3.43. The van der Waals surface area contributed by atoms with Gasteiger partial charge in [-0.25, -0.2) is 23.4 Å². The first-order valence-corrected chi connectivity index (χ1v) is 6.82. The van der Waals surface area contributed by atoms with E-state index in [2.05, 4.69) is 19.8 Å². The molecular formula is C14H15F5N2O4. The van der Waals surface area contributed by atoms with Gasteiger partial charge in [0.25, 0.3) is 6.43 Å². The molecule has 1 aromatic heterocycles. The van der Waals surface area contributed by atoms with Gasteiger partial charge in [0.15, 0.2) is 5.69 Å². The van der Waals surface area contributed by atoms with E-state index in [1.165, 1.54) is 13.8 Å². The summed E-state index contributed by atoms with van der Waals surface area (Å²) >= 11 is 0. The van der Waals surface area contributed by atoms with E-state index in [1.807, 2.05) is 0 Å². The molecule has 1 aromatic rings. The number of anilines is 1. The van der Waals surface area contributed by atoms with Crippen molar-refractivity contribution >= 4 is 17.6 Å². The molecule has 0 saturated heterocycles. The molecule has 0 aliphatic rings. The summed E-state index contributed by atoms with van der Waals surface area (Å²) in [5.74, 6) is -2.86. The van der Waals surface area contributed by atoms with Crippen molar-refractivity contribution in [2.45, 2.75) is 32.5 Å². The maximum atomic E-state index is 13.3. The predicted molar refractivity (Wildman–Crippen MR) is 75.6 cm³/mol. The summed E-state index contributed by atoms with van der Waals surface area (Å²) in [4.78, 5) is 26.6. The fraction of sp³-hybridized carbons (Fsp3) is 0.500. The summed E-state index contributed by atoms with van der Waals surface area (Å²) in [7, 11) is 1.66. The highest BCUT2D eigenvalue weighted by Crippen LogP contribution is 2.39. The van der Waals surface area contributed by atoms with Crippen molar-refractivity contribution in [2.75, 3.05) is 19.5 Å². The number of rotatable bonds is 5. The van der Waals surface area contributed by atoms with E-state index in [4.69, 9.17) is 0 Å². The Hall–Kier alpha value is -2.46. The summed E-state index contributed by atoms with van der Waals surface area (Å²) in [6.45, 7) is 2.94. The van der Waals surface area contributed by atoms with Gasteiger partial charge in [-0.05, 0) is 13.8 Å². The zero-order chi connectivity index (χ0) is 19.5. The number of hydrogen-bond acceptors (Lipinski definition) is 6. The van der Waals surface area contributed by atoms with Crippen LogP contribution < -0.4 is 5.32 Å². The van der Waals surface area contributed by atoms with Crippen LogP contribution in [0, 0.1) is 0 Å². The summed E-state index contributed by atoms with van der Waals surface area (Å²) in [6, 6.07) is -0.610. The SMILES string of the molecule is COC(=O)c1c(C(F)F)nc(C(F)(F)F)c(C(=O)OC)c1NC(C)C. The largest absolute Gasteiger partial charge is 0.465 e. The van der Waals surface area contributed by atoms with Gasteiger partial charge in [0.2, 0.25) is 0 Å². The molecule has 0 atom stereocenters. The Bertz CT molecular complexity index is 674. The molecule has 25 heavy (non-hydrogen) atoms. The molecule has 0 saturated carbocycles. The van der Waals surface area contributed by atoms with Crippen molar-refractivity contribution in [3.05, 3.63) is 22.5 Å². The molecule has 0 radical (unpaired) electrons. The molecule has 1 heterocycles. The zero-order valence-corrected chi connectivity index (χ0v) is 13.6. The average Bonchev–Trinajstić information content (AvgIpc) is 2.50. The van der Waals surface area contributed by atoms with Gasteiger partial charge in [-0.15, -0.1) is 0 Å². The summed E-state index contributed by atoms with van der Waals surface area (Å²) in [6.07, 6.45) is -8.76. The number of nitrogens with one attached hydrogen (secondary N) is 1. The summed E-state index contributed by atoms with van der Waals surface area (Å²) in [5, 5.41) is 2.41. The number of aromatic nitrogens is 1. The number of ether oxygens (including phenoxy) is 2. The number of nitrogens with zero attached hydrogens (tertiary/aromatic N) is 1. The van der Waals surface area contributed by atoms with E-state index in [1.54, 1.807) is 0 Å². The molecule has 0 spiro atoms. The molecule has 0 bridgehead atoms. The quantitative estimate of drug-likeness (QED) is 0.632. The smallest absolute Gasteiger partial charge is 0.434 e. The number of alkyl halides is 5. The highest BCUT2D eigenvalue weighted by molar-refractivity contribution is 6.06. The van der Waals surface area contributed by atoms with Gasteiger partial charge in [-0.3, -0.25) is 0 Å². The molecule has 0 fully saturated rings. The Balaban J connectivity index is 4.05. The highest BCUT2D eigenvalue weighted by atomic mass is 19.4. The van der Waals surface area contributed by atoms with Crippen molar-refractivity contribution in [3.8, 4) is 0 Å². The number of carbonyl (C=O) groups excluding carboxylic acids is 2. The van der Waals surface area contributed by atoms with Gasteiger partial charge in [0.1, 0.15) is 16.8 Å². The molecule has 0 unspecified atom stereocenters. The zero-order valence-electron chi connectivity index (χ0n) is 13.6. The van der Waals surface area contributed by atoms with E-state index < -0.39 is 58.8 Å². The minimum Gasteiger partial charge on any atom is -0.465 e. The fourth-order valence-corrected chi connectivity index (χ4v) is 2.01. The second-order valence-electron chi connectivity index (χ2n) is 5.05. The normalized spacial score (nSPS) is 11.6. The first-order valence-electron chi connectivity index (χ1n) is 6.82. The van der Waals surface area contributed by atoms with Crippen LogP contribution in [0.25, 0.3) is 0 Å². The molecule has 0 amide bonds. The van der Waals surface area contributed by atoms with Crippen molar-refractivity contribution < 1.29 is 41.0 Å². The topological polar surface area (TPSA) is 77.5 Å². The van der Waals surface area contributed by atoms with Crippen LogP contribution in [0.1, 0.15) is 52.4 Å². The Kier molecular flexibility index (Phi) is 6.27. The summed E-state index contributed by atoms with van der Waals surface area (Å²) in [5.41, 5.74) is -6.24. The third kappa shape index (κ3) is 4.34. The van der Waals surface area contributed by atoms with Gasteiger partial charge in [-0.2, -0.15) is 13.2 Å². The number of esters is 2. The minimum absolute atomic E-state index is 0.610. The van der Waals surface area contributed by atoms with Crippen LogP contribution >= 0.6 is 0 Å². The lowest BCUT2D eigenvalue weighted by molar-refractivity contribution is -0.142. The van der Waals surface area contributed by atoms with Crippen LogP contribution in [0.4, 0.5) is 27.6 Å². The molecule has 11 heteroatoms. The lowest BCUT2D eigenvalue weighted by Gasteiger charge is -2.22. The molecule has 0 aliphatic heterocycles. The van der Waals surface area contributed by atoms with E-state index in [0.29, 0.717) is 0 Å². The molecule has 1 N–H and O–H groups in total. The summed E-state index contributed by atoms with van der Waals surface area (Å²) < 4.78 is 74.9. The van der Waals surface area contributed by atoms with Gasteiger partial charge >= 0.3 is 18.1 Å². The van der Waals surface area contributed by atoms with Gasteiger partial charge in [0, 0.05) is 6.04 Å². The molecule has 1 rings (SSSR count). The van der Waals surface area contributed by atoms with Crippen LogP contribution in [-0.2, 0) is 15.7 Å². The Morgan fingerprint density at radius 3 is 1.88 bits per heavy atom. The molecule has 0 aromatic carbocycles. The molecule has 140 valence electrons. The number of carbonyl (C=O) groups is 2. The first-order chi connectivity index (χ1) is 11.4. The van der Waals surface area contributed by atoms with Crippen LogP contribution in [-0.4, -0.2) is 37.2 Å². The first kappa shape index (κ1) is 20.6. The van der Waals surface area contributed by atoms with Crippen LogP contribution in [0.15, 0.2) is 0 Å². The van der Waals surface area contributed by atoms with Crippen molar-refractivity contribution in [1.82, 2.24) is 4.98 Å². The molecule has 6 nitrogen and oxygen atoms in total. The van der Waals surface area contributed by atoms with E-state index in [-0.39, 0.29) is 0 Å². The monoisotopic (exact) mass is 370 g/mol. The van der Waals surface area contributed by atoms with Crippen LogP contribution in [0.5, 0.6) is 0 Å². The van der Waals surface area contributed by atoms with Gasteiger partial charge in [0.05, 0.1) is 19.9 Å². The maximum absolute atomic E-state index is 13.3. The highest BCUT2D eigenvalue weighted by Gasteiger charge is 2.43. The number of hydrogen-bond donors (Lipinski definition) is 1. The van der Waals surface area contributed by atoms with Crippen LogP contribution in [0.2, 0.25) is 0 Å². The number of halogens is 5. The Labute approximate surface area is 139 Å². The average molecular weight is 370 g/mol. The fourth-order valence-electron chi connectivity index (χ4n) is 2.01. The Morgan fingerprint density at radius 2 is 1.52 bits per heavy atom. The van der Waals surface area contributed by atoms with Crippen LogP contribution in [0.3, 0.4) is 0 Å². The molecular weight excluding hydrogens is 355 g/mol. The van der Waals surface area contributed by atoms with Crippen molar-refractivity contribution in [2.24, 2.45) is 0 Å². The number of pyridine rings is 1. The van der Waals surface area contributed by atoms with Gasteiger partial charge < -0.3 is 14.8 Å². The lowest BCUT2D eigenvalue weighted by Crippen LogP contribution is -2.26. The lowest BCUT2D eigenvalue weighted by atomic mass is 10.0. The molecule has 0 aliphatic carbocycles. The minimum atomic E-state index is -5.24. The van der Waals surface area contributed by atoms with E-state index in [9.17, 15) is 31.5 Å². The third-order valence-electron chi connectivity index (χ3n) is 2.91. The van der Waals surface area contributed by atoms with Gasteiger partial charge in [-0.1, -0.05) is 0 Å². The van der Waals surface area contributed by atoms with E-state index in [0.717, 1.165) is 14.2 Å². The maximum Gasteiger partial charge on any atom is 0.434 e. The Morgan fingerprint density at radius 1 is 1.04 bits per heavy atom. The van der Waals surface area contributed by atoms with Crippen molar-refractivity contribution in [1.29, 1.82) is 0 Å². The third-order valence-corrected chi connectivity index (χ3v) is 2.91. The van der Waals surface area contributed by atoms with E-state index >= 15 is 0 Å².